The van der Waals surface area contributed by atoms with Gasteiger partial charge in [-0.1, -0.05) is 37.5 Å². The largest absolute Gasteiger partial charge is 0.462 e. The Labute approximate surface area is 185 Å². The molecule has 1 aliphatic carbocycles. The lowest BCUT2D eigenvalue weighted by Gasteiger charge is -2.36. The van der Waals surface area contributed by atoms with Crippen molar-refractivity contribution in [3.05, 3.63) is 66.0 Å². The van der Waals surface area contributed by atoms with Crippen molar-refractivity contribution in [1.82, 2.24) is 25.5 Å². The molecule has 1 heterocycles. The van der Waals surface area contributed by atoms with E-state index in [1.807, 2.05) is 6.07 Å². The number of hydrogen-bond donors (Lipinski definition) is 1. The highest BCUT2D eigenvalue weighted by atomic mass is 16.6. The van der Waals surface area contributed by atoms with Crippen LogP contribution in [0.4, 0.5) is 4.79 Å². The number of para-hydroxylation sites is 1. The molecule has 0 unspecified atom stereocenters. The predicted octanol–water partition coefficient (Wildman–Crippen LogP) is 3.79. The van der Waals surface area contributed by atoms with Crippen LogP contribution in [-0.2, 0) is 10.3 Å². The van der Waals surface area contributed by atoms with Crippen LogP contribution in [0.1, 0.15) is 55.2 Å². The van der Waals surface area contributed by atoms with Crippen molar-refractivity contribution in [3.8, 4) is 11.4 Å². The Balaban J connectivity index is 1.60. The normalized spacial score (nSPS) is 15.0. The molecule has 0 saturated heterocycles. The van der Waals surface area contributed by atoms with Crippen LogP contribution in [0.2, 0.25) is 0 Å². The Morgan fingerprint density at radius 3 is 2.44 bits per heavy atom. The number of benzene rings is 2. The number of carbonyl (C=O) groups excluding carboxylic acids is 2. The van der Waals surface area contributed by atoms with E-state index < -0.39 is 11.6 Å². The molecule has 1 fully saturated rings. The molecule has 1 aromatic heterocycles. The number of hydrogen-bond acceptors (Lipinski definition) is 7. The first-order valence-electron chi connectivity index (χ1n) is 10.7. The van der Waals surface area contributed by atoms with Crippen LogP contribution in [0.3, 0.4) is 0 Å². The molecule has 32 heavy (non-hydrogen) atoms. The van der Waals surface area contributed by atoms with Gasteiger partial charge < -0.3 is 14.8 Å². The molecule has 1 amide bonds. The third-order valence-corrected chi connectivity index (χ3v) is 5.52. The van der Waals surface area contributed by atoms with Crippen LogP contribution in [0, 0.1) is 0 Å². The molecular weight excluding hydrogens is 410 g/mol. The topological polar surface area (TPSA) is 108 Å². The number of esters is 1. The monoisotopic (exact) mass is 435 g/mol. The molecule has 4 rings (SSSR count). The molecule has 0 aliphatic heterocycles. The number of carbonyl (C=O) groups is 2. The van der Waals surface area contributed by atoms with Gasteiger partial charge in [0.05, 0.1) is 17.9 Å². The van der Waals surface area contributed by atoms with Gasteiger partial charge in [0.25, 0.3) is 0 Å². The summed E-state index contributed by atoms with van der Waals surface area (Å²) in [5, 5.41) is 15.3. The van der Waals surface area contributed by atoms with Gasteiger partial charge in [0.1, 0.15) is 11.3 Å². The number of nitrogens with one attached hydrogen (secondary N) is 1. The maximum Gasteiger partial charge on any atom is 0.413 e. The van der Waals surface area contributed by atoms with Crippen molar-refractivity contribution in [3.63, 3.8) is 0 Å². The molecule has 1 saturated carbocycles. The fourth-order valence-electron chi connectivity index (χ4n) is 3.99. The summed E-state index contributed by atoms with van der Waals surface area (Å²) in [6.45, 7) is 2.07. The molecule has 166 valence electrons. The summed E-state index contributed by atoms with van der Waals surface area (Å²) in [6.07, 6.45) is 3.77. The molecule has 0 bridgehead atoms. The first-order chi connectivity index (χ1) is 15.6. The highest BCUT2D eigenvalue weighted by Crippen LogP contribution is 2.36. The summed E-state index contributed by atoms with van der Waals surface area (Å²) in [5.41, 5.74) is 0.372. The molecule has 0 radical (unpaired) electrons. The Kier molecular flexibility index (Phi) is 6.44. The second kappa shape index (κ2) is 9.59. The van der Waals surface area contributed by atoms with E-state index in [0.717, 1.165) is 19.3 Å². The second-order valence-corrected chi connectivity index (χ2v) is 7.65. The molecule has 0 atom stereocenters. The van der Waals surface area contributed by atoms with Crippen molar-refractivity contribution < 1.29 is 19.1 Å². The van der Waals surface area contributed by atoms with E-state index in [4.69, 9.17) is 9.47 Å². The van der Waals surface area contributed by atoms with E-state index in [9.17, 15) is 9.59 Å². The number of rotatable bonds is 6. The predicted molar refractivity (Wildman–Crippen MR) is 115 cm³/mol. The minimum Gasteiger partial charge on any atom is -0.462 e. The number of nitrogens with zero attached hydrogens (tertiary/aromatic N) is 4. The number of aromatic nitrogens is 4. The smallest absolute Gasteiger partial charge is 0.413 e. The van der Waals surface area contributed by atoms with Crippen LogP contribution < -0.4 is 10.1 Å². The maximum absolute atomic E-state index is 12.7. The number of tetrazole rings is 1. The molecule has 9 heteroatoms. The van der Waals surface area contributed by atoms with Crippen LogP contribution >= 0.6 is 0 Å². The van der Waals surface area contributed by atoms with Crippen molar-refractivity contribution in [2.45, 2.75) is 44.6 Å². The summed E-state index contributed by atoms with van der Waals surface area (Å²) < 4.78 is 12.1. The van der Waals surface area contributed by atoms with Crippen LogP contribution in [0.5, 0.6) is 5.75 Å². The van der Waals surface area contributed by atoms with Gasteiger partial charge in [-0.25, -0.2) is 9.59 Å². The summed E-state index contributed by atoms with van der Waals surface area (Å²) >= 11 is 0. The molecule has 0 spiro atoms. The lowest BCUT2D eigenvalue weighted by atomic mass is 9.81. The Bertz CT molecular complexity index is 1060. The summed E-state index contributed by atoms with van der Waals surface area (Å²) in [7, 11) is 0. The fourth-order valence-corrected chi connectivity index (χ4v) is 3.99. The third kappa shape index (κ3) is 4.61. The molecule has 3 aromatic rings. The summed E-state index contributed by atoms with van der Waals surface area (Å²) in [4.78, 5) is 24.7. The minimum atomic E-state index is -0.757. The Morgan fingerprint density at radius 2 is 1.75 bits per heavy atom. The van der Waals surface area contributed by atoms with E-state index in [-0.39, 0.29) is 5.97 Å². The fraction of sp³-hybridized carbons (Fsp3) is 0.348. The Morgan fingerprint density at radius 1 is 1.03 bits per heavy atom. The Hall–Kier alpha value is -3.75. The lowest BCUT2D eigenvalue weighted by molar-refractivity contribution is 0.0526. The van der Waals surface area contributed by atoms with Crippen LogP contribution in [0.15, 0.2) is 54.6 Å². The SMILES string of the molecule is CCOC(=O)c1ccc(-n2nnnc2C2(NC(=O)Oc3ccccc3)CCCCC2)cc1. The minimum absolute atomic E-state index is 0.311. The van der Waals surface area contributed by atoms with E-state index >= 15 is 0 Å². The zero-order valence-electron chi connectivity index (χ0n) is 17.9. The van der Waals surface area contributed by atoms with Crippen molar-refractivity contribution >= 4 is 12.1 Å². The van der Waals surface area contributed by atoms with Gasteiger partial charge in [-0.05, 0) is 66.6 Å². The first kappa shape index (κ1) is 21.5. The van der Waals surface area contributed by atoms with Gasteiger partial charge in [-0.3, -0.25) is 0 Å². The zero-order valence-corrected chi connectivity index (χ0v) is 17.9. The van der Waals surface area contributed by atoms with Gasteiger partial charge >= 0.3 is 12.1 Å². The van der Waals surface area contributed by atoms with Crippen molar-refractivity contribution in [1.29, 1.82) is 0 Å². The van der Waals surface area contributed by atoms with Gasteiger partial charge in [0.2, 0.25) is 0 Å². The van der Waals surface area contributed by atoms with Gasteiger partial charge in [0.15, 0.2) is 5.82 Å². The van der Waals surface area contributed by atoms with Crippen molar-refractivity contribution in [2.24, 2.45) is 0 Å². The number of ether oxygens (including phenoxy) is 2. The lowest BCUT2D eigenvalue weighted by Crippen LogP contribution is -2.50. The van der Waals surface area contributed by atoms with E-state index in [1.165, 1.54) is 0 Å². The molecule has 2 aromatic carbocycles. The van der Waals surface area contributed by atoms with E-state index in [1.54, 1.807) is 60.1 Å². The average Bonchev–Trinajstić information content (AvgIpc) is 3.31. The molecule has 9 nitrogen and oxygen atoms in total. The maximum atomic E-state index is 12.7. The number of amides is 1. The summed E-state index contributed by atoms with van der Waals surface area (Å²) in [6, 6.07) is 15.8. The standard InChI is InChI=1S/C23H25N5O4/c1-2-31-20(29)17-11-13-18(14-12-17)28-21(25-26-27-28)23(15-7-4-8-16-23)24-22(30)32-19-9-5-3-6-10-19/h3,5-6,9-14H,2,4,7-8,15-16H2,1H3,(H,24,30). The summed E-state index contributed by atoms with van der Waals surface area (Å²) in [5.74, 6) is 0.612. The molecule has 1 N–H and O–H groups in total. The second-order valence-electron chi connectivity index (χ2n) is 7.65. The first-order valence-corrected chi connectivity index (χ1v) is 10.7. The van der Waals surface area contributed by atoms with Crippen LogP contribution in [0.25, 0.3) is 5.69 Å². The van der Waals surface area contributed by atoms with Gasteiger partial charge in [-0.2, -0.15) is 4.68 Å². The molecule has 1 aliphatic rings. The zero-order chi connectivity index (χ0) is 22.4. The van der Waals surface area contributed by atoms with Crippen LogP contribution in [-0.4, -0.2) is 38.9 Å². The average molecular weight is 435 g/mol. The van der Waals surface area contributed by atoms with E-state index in [2.05, 4.69) is 20.8 Å². The quantitative estimate of drug-likeness (QED) is 0.587. The van der Waals surface area contributed by atoms with Crippen molar-refractivity contribution in [2.75, 3.05) is 6.61 Å². The third-order valence-electron chi connectivity index (χ3n) is 5.52. The highest BCUT2D eigenvalue weighted by Gasteiger charge is 2.41. The van der Waals surface area contributed by atoms with Gasteiger partial charge in [-0.15, -0.1) is 5.10 Å². The highest BCUT2D eigenvalue weighted by molar-refractivity contribution is 5.89. The van der Waals surface area contributed by atoms with E-state index in [0.29, 0.717) is 42.3 Å². The molecular formula is C23H25N5O4. The van der Waals surface area contributed by atoms with Gasteiger partial charge in [0, 0.05) is 0 Å².